The lowest BCUT2D eigenvalue weighted by molar-refractivity contribution is 0.0985. The van der Waals surface area contributed by atoms with Gasteiger partial charge in [-0.15, -0.1) is 0 Å². The fourth-order valence-corrected chi connectivity index (χ4v) is 8.31. The molecule has 0 saturated carbocycles. The van der Waals surface area contributed by atoms with Crippen molar-refractivity contribution in [1.82, 2.24) is 0 Å². The van der Waals surface area contributed by atoms with E-state index in [1.165, 1.54) is 12.1 Å². The second-order valence-corrected chi connectivity index (χ2v) is 11.7. The highest BCUT2D eigenvalue weighted by Gasteiger charge is 2.38. The summed E-state index contributed by atoms with van der Waals surface area (Å²) >= 11 is 0. The number of sulfone groups is 2. The molecule has 1 saturated heterocycles. The lowest BCUT2D eigenvalue weighted by atomic mass is 10.0. The molecule has 6 nitrogen and oxygen atoms in total. The Morgan fingerprint density at radius 1 is 1.07 bits per heavy atom. The van der Waals surface area contributed by atoms with Crippen LogP contribution in [0.15, 0.2) is 53.4 Å². The molecule has 0 radical (unpaired) electrons. The van der Waals surface area contributed by atoms with Crippen molar-refractivity contribution in [3.8, 4) is 0 Å². The second kappa shape index (κ2) is 7.00. The average Bonchev–Trinajstić information content (AvgIpc) is 3.07. The first kappa shape index (κ1) is 19.1. The van der Waals surface area contributed by atoms with Gasteiger partial charge in [0.15, 0.2) is 19.7 Å². The minimum atomic E-state index is -3.81. The van der Waals surface area contributed by atoms with E-state index in [2.05, 4.69) is 0 Å². The van der Waals surface area contributed by atoms with Gasteiger partial charge in [-0.2, -0.15) is 0 Å². The number of carbonyl (C=O) groups is 1. The highest BCUT2D eigenvalue weighted by molar-refractivity contribution is 7.96. The van der Waals surface area contributed by atoms with Crippen LogP contribution >= 0.6 is 0 Å². The smallest absolute Gasteiger partial charge is 0.258 e. The molecule has 0 spiro atoms. The highest BCUT2D eigenvalue weighted by Crippen LogP contribution is 2.30. The van der Waals surface area contributed by atoms with Crippen LogP contribution in [0, 0.1) is 0 Å². The zero-order valence-corrected chi connectivity index (χ0v) is 16.9. The van der Waals surface area contributed by atoms with Crippen LogP contribution in [0.1, 0.15) is 28.8 Å². The summed E-state index contributed by atoms with van der Waals surface area (Å²) in [6.07, 6.45) is 1.85. The zero-order chi connectivity index (χ0) is 19.9. The van der Waals surface area contributed by atoms with Crippen molar-refractivity contribution >= 4 is 31.3 Å². The Hall–Kier alpha value is -2.19. The SMILES string of the molecule is O=C(c1cccc(S(=O)(=O)[C@H]2CCS(=O)(=O)C2)c1)N1CCCc2ccccc21. The summed E-state index contributed by atoms with van der Waals surface area (Å²) in [7, 11) is -7.12. The normalized spacial score (nSPS) is 21.3. The predicted octanol–water partition coefficient (Wildman–Crippen LogP) is 2.24. The molecule has 0 aromatic heterocycles. The Labute approximate surface area is 165 Å². The summed E-state index contributed by atoms with van der Waals surface area (Å²) in [5.74, 6) is -0.712. The number of amides is 1. The maximum atomic E-state index is 13.1. The Bertz CT molecular complexity index is 1140. The number of hydrogen-bond donors (Lipinski definition) is 0. The van der Waals surface area contributed by atoms with Gasteiger partial charge in [0.05, 0.1) is 21.7 Å². The van der Waals surface area contributed by atoms with Gasteiger partial charge in [-0.3, -0.25) is 4.79 Å². The monoisotopic (exact) mass is 419 g/mol. The molecule has 2 aliphatic rings. The van der Waals surface area contributed by atoms with Crippen LogP contribution in [-0.2, 0) is 26.1 Å². The first-order valence-corrected chi connectivity index (χ1v) is 12.6. The first-order valence-electron chi connectivity index (χ1n) is 9.22. The second-order valence-electron chi connectivity index (χ2n) is 7.29. The molecule has 2 aromatic rings. The van der Waals surface area contributed by atoms with E-state index in [1.807, 2.05) is 24.3 Å². The first-order chi connectivity index (χ1) is 13.3. The third-order valence-electron chi connectivity index (χ3n) is 5.39. The quantitative estimate of drug-likeness (QED) is 0.761. The number of anilines is 1. The number of benzene rings is 2. The van der Waals surface area contributed by atoms with Gasteiger partial charge in [-0.1, -0.05) is 24.3 Å². The number of hydrogen-bond acceptors (Lipinski definition) is 5. The lowest BCUT2D eigenvalue weighted by Gasteiger charge is -2.29. The van der Waals surface area contributed by atoms with Gasteiger partial charge >= 0.3 is 0 Å². The highest BCUT2D eigenvalue weighted by atomic mass is 32.2. The molecule has 1 atom stereocenters. The van der Waals surface area contributed by atoms with Crippen LogP contribution < -0.4 is 4.90 Å². The molecular weight excluding hydrogens is 398 g/mol. The van der Waals surface area contributed by atoms with Crippen LogP contribution in [0.3, 0.4) is 0 Å². The number of para-hydroxylation sites is 1. The van der Waals surface area contributed by atoms with E-state index in [4.69, 9.17) is 0 Å². The van der Waals surface area contributed by atoms with Gasteiger partial charge in [-0.25, -0.2) is 16.8 Å². The molecule has 28 heavy (non-hydrogen) atoms. The number of carbonyl (C=O) groups excluding carboxylic acids is 1. The van der Waals surface area contributed by atoms with E-state index >= 15 is 0 Å². The summed E-state index contributed by atoms with van der Waals surface area (Å²) in [5.41, 5.74) is 2.24. The maximum Gasteiger partial charge on any atom is 0.258 e. The fourth-order valence-electron chi connectivity index (χ4n) is 3.90. The summed E-state index contributed by atoms with van der Waals surface area (Å²) in [4.78, 5) is 14.8. The molecule has 2 aromatic carbocycles. The molecule has 0 unspecified atom stereocenters. The Kier molecular flexibility index (Phi) is 4.79. The van der Waals surface area contributed by atoms with E-state index in [0.717, 1.165) is 24.1 Å². The maximum absolute atomic E-state index is 13.1. The number of aryl methyl sites for hydroxylation is 1. The number of fused-ring (bicyclic) bond motifs is 1. The van der Waals surface area contributed by atoms with E-state index in [-0.39, 0.29) is 28.7 Å². The van der Waals surface area contributed by atoms with Gasteiger partial charge in [0.1, 0.15) is 0 Å². The van der Waals surface area contributed by atoms with Gasteiger partial charge in [0.25, 0.3) is 5.91 Å². The molecule has 0 N–H and O–H groups in total. The molecule has 2 heterocycles. The van der Waals surface area contributed by atoms with Gasteiger partial charge in [-0.05, 0) is 49.1 Å². The minimum absolute atomic E-state index is 0.00532. The minimum Gasteiger partial charge on any atom is -0.308 e. The van der Waals surface area contributed by atoms with Gasteiger partial charge in [0, 0.05) is 17.8 Å². The zero-order valence-electron chi connectivity index (χ0n) is 15.2. The summed E-state index contributed by atoms with van der Waals surface area (Å²) in [6, 6.07) is 13.7. The molecule has 1 fully saturated rings. The largest absolute Gasteiger partial charge is 0.308 e. The van der Waals surface area contributed by atoms with Gasteiger partial charge < -0.3 is 4.90 Å². The molecule has 2 aliphatic heterocycles. The van der Waals surface area contributed by atoms with Crippen molar-refractivity contribution in [2.75, 3.05) is 23.0 Å². The lowest BCUT2D eigenvalue weighted by Crippen LogP contribution is -2.35. The number of rotatable bonds is 3. The van der Waals surface area contributed by atoms with Crippen LogP contribution in [0.2, 0.25) is 0 Å². The summed E-state index contributed by atoms with van der Waals surface area (Å²) in [5, 5.41) is -0.946. The Morgan fingerprint density at radius 2 is 1.86 bits per heavy atom. The predicted molar refractivity (Wildman–Crippen MR) is 107 cm³/mol. The van der Waals surface area contributed by atoms with Crippen molar-refractivity contribution in [1.29, 1.82) is 0 Å². The van der Waals surface area contributed by atoms with Crippen molar-refractivity contribution in [3.05, 3.63) is 59.7 Å². The van der Waals surface area contributed by atoms with Crippen LogP contribution in [0.4, 0.5) is 5.69 Å². The van der Waals surface area contributed by atoms with E-state index in [0.29, 0.717) is 12.1 Å². The Morgan fingerprint density at radius 3 is 2.61 bits per heavy atom. The third-order valence-corrected chi connectivity index (χ3v) is 9.56. The average molecular weight is 420 g/mol. The molecule has 8 heteroatoms. The fraction of sp³-hybridized carbons (Fsp3) is 0.350. The molecule has 4 rings (SSSR count). The van der Waals surface area contributed by atoms with E-state index in [9.17, 15) is 21.6 Å². The van der Waals surface area contributed by atoms with Gasteiger partial charge in [0.2, 0.25) is 0 Å². The summed E-state index contributed by atoms with van der Waals surface area (Å²) in [6.45, 7) is 0.577. The third kappa shape index (κ3) is 3.46. The Balaban J connectivity index is 1.66. The van der Waals surface area contributed by atoms with Crippen molar-refractivity contribution in [3.63, 3.8) is 0 Å². The van der Waals surface area contributed by atoms with E-state index < -0.39 is 24.9 Å². The topological polar surface area (TPSA) is 88.6 Å². The van der Waals surface area contributed by atoms with Crippen LogP contribution in [0.5, 0.6) is 0 Å². The molecule has 0 aliphatic carbocycles. The standard InChI is InChI=1S/C20H21NO5S2/c22-20(21-11-4-7-15-5-1-2-9-19(15)21)16-6-3-8-17(13-16)28(25,26)18-10-12-27(23,24)14-18/h1-3,5-6,8-9,13,18H,4,7,10-12,14H2/t18-/m0/s1. The molecule has 1 amide bonds. The van der Waals surface area contributed by atoms with Crippen molar-refractivity contribution in [2.45, 2.75) is 29.4 Å². The summed E-state index contributed by atoms with van der Waals surface area (Å²) < 4.78 is 49.1. The molecule has 0 bridgehead atoms. The number of nitrogens with zero attached hydrogens (tertiary/aromatic N) is 1. The molecular formula is C20H21NO5S2. The van der Waals surface area contributed by atoms with Crippen molar-refractivity contribution in [2.24, 2.45) is 0 Å². The van der Waals surface area contributed by atoms with Crippen LogP contribution in [0.25, 0.3) is 0 Å². The van der Waals surface area contributed by atoms with Crippen molar-refractivity contribution < 1.29 is 21.6 Å². The van der Waals surface area contributed by atoms with Crippen LogP contribution in [-0.4, -0.2) is 46.0 Å². The molecule has 148 valence electrons. The van der Waals surface area contributed by atoms with E-state index in [1.54, 1.807) is 17.0 Å².